The molecule has 0 bridgehead atoms. The minimum absolute atomic E-state index is 0.00891. The molecule has 3 aromatic rings. The predicted molar refractivity (Wildman–Crippen MR) is 118 cm³/mol. The van der Waals surface area contributed by atoms with Gasteiger partial charge in [0.25, 0.3) is 11.8 Å². The van der Waals surface area contributed by atoms with Crippen molar-refractivity contribution in [2.45, 2.75) is 50.1 Å². The van der Waals surface area contributed by atoms with Gasteiger partial charge in [-0.1, -0.05) is 0 Å². The first-order chi connectivity index (χ1) is 15.3. The average Bonchev–Trinajstić information content (AvgIpc) is 3.34. The lowest BCUT2D eigenvalue weighted by atomic mass is 9.87. The number of nitrogens with two attached hydrogens (primary N) is 1. The Morgan fingerprint density at radius 1 is 1.19 bits per heavy atom. The van der Waals surface area contributed by atoms with Gasteiger partial charge in [0.05, 0.1) is 11.1 Å². The fourth-order valence-corrected chi connectivity index (χ4v) is 4.86. The van der Waals surface area contributed by atoms with E-state index in [-0.39, 0.29) is 18.2 Å². The molecule has 0 spiro atoms. The highest BCUT2D eigenvalue weighted by Crippen LogP contribution is 2.34. The first-order valence-electron chi connectivity index (χ1n) is 10.6. The maximum absolute atomic E-state index is 14.2. The van der Waals surface area contributed by atoms with Crippen LogP contribution in [0, 0.1) is 5.92 Å². The number of aromatic nitrogens is 2. The predicted octanol–water partition coefficient (Wildman–Crippen LogP) is 3.66. The third-order valence-corrected chi connectivity index (χ3v) is 6.95. The third kappa shape index (κ3) is 4.12. The quantitative estimate of drug-likeness (QED) is 0.542. The van der Waals surface area contributed by atoms with Crippen LogP contribution in [0.5, 0.6) is 0 Å². The molecule has 2 aliphatic rings. The van der Waals surface area contributed by atoms with E-state index < -0.39 is 23.9 Å². The molecule has 2 atom stereocenters. The summed E-state index contributed by atoms with van der Waals surface area (Å²) in [6.45, 7) is 0. The second-order valence-corrected chi connectivity index (χ2v) is 9.45. The molecule has 0 saturated heterocycles. The van der Waals surface area contributed by atoms with E-state index in [4.69, 9.17) is 5.73 Å². The molecular weight excluding hydrogens is 436 g/mol. The first kappa shape index (κ1) is 21.0. The minimum atomic E-state index is -3.01. The number of amides is 2. The summed E-state index contributed by atoms with van der Waals surface area (Å²) in [6, 6.07) is 3.24. The Balaban J connectivity index is 1.32. The van der Waals surface area contributed by atoms with Crippen LogP contribution in [0.25, 0.3) is 16.8 Å². The maximum Gasteiger partial charge on any atom is 0.269 e. The highest BCUT2D eigenvalue weighted by molar-refractivity contribution is 7.12. The van der Waals surface area contributed by atoms with Crippen molar-refractivity contribution in [3.8, 4) is 11.1 Å². The summed E-state index contributed by atoms with van der Waals surface area (Å²) < 4.78 is 30.2. The third-order valence-electron chi connectivity index (χ3n) is 6.02. The van der Waals surface area contributed by atoms with Crippen molar-refractivity contribution in [3.05, 3.63) is 40.8 Å². The monoisotopic (exact) mass is 459 g/mol. The molecule has 0 aromatic carbocycles. The number of alkyl halides is 2. The van der Waals surface area contributed by atoms with Gasteiger partial charge in [0.2, 0.25) is 5.91 Å². The van der Waals surface area contributed by atoms with E-state index in [1.165, 1.54) is 11.3 Å². The molecule has 0 unspecified atom stereocenters. The summed E-state index contributed by atoms with van der Waals surface area (Å²) >= 11 is 1.19. The largest absolute Gasteiger partial charge is 0.341 e. The van der Waals surface area contributed by atoms with E-state index in [0.29, 0.717) is 29.2 Å². The van der Waals surface area contributed by atoms with Crippen LogP contribution in [-0.4, -0.2) is 39.2 Å². The normalized spacial score (nSPS) is 22.6. The van der Waals surface area contributed by atoms with E-state index >= 15 is 0 Å². The van der Waals surface area contributed by atoms with Crippen molar-refractivity contribution in [1.82, 2.24) is 14.7 Å². The molecule has 7 nitrogen and oxygen atoms in total. The summed E-state index contributed by atoms with van der Waals surface area (Å²) in [5.74, 6) is -2.97. The molecule has 10 heteroatoms. The Morgan fingerprint density at radius 3 is 2.75 bits per heavy atom. The van der Waals surface area contributed by atoms with Gasteiger partial charge < -0.3 is 20.8 Å². The lowest BCUT2D eigenvalue weighted by Gasteiger charge is -2.36. The van der Waals surface area contributed by atoms with Gasteiger partial charge in [-0.05, 0) is 60.4 Å². The number of nitrogens with zero attached hydrogens (tertiary/aromatic N) is 2. The van der Waals surface area contributed by atoms with Gasteiger partial charge in [0.15, 0.2) is 5.82 Å². The van der Waals surface area contributed by atoms with E-state index in [2.05, 4.69) is 15.6 Å². The molecule has 3 aromatic heterocycles. The number of anilines is 1. The van der Waals surface area contributed by atoms with Crippen LogP contribution in [0.3, 0.4) is 0 Å². The van der Waals surface area contributed by atoms with Crippen LogP contribution < -0.4 is 16.4 Å². The minimum Gasteiger partial charge on any atom is -0.341 e. The lowest BCUT2D eigenvalue weighted by molar-refractivity contribution is -0.117. The van der Waals surface area contributed by atoms with Crippen LogP contribution in [0.2, 0.25) is 0 Å². The van der Waals surface area contributed by atoms with Crippen molar-refractivity contribution in [2.75, 3.05) is 5.32 Å². The summed E-state index contributed by atoms with van der Waals surface area (Å²) in [6.07, 6.45) is 5.98. The Labute approximate surface area is 187 Å². The topological polar surface area (TPSA) is 102 Å². The number of rotatable bonds is 5. The molecule has 32 heavy (non-hydrogen) atoms. The number of fused-ring (bicyclic) bond motifs is 1. The van der Waals surface area contributed by atoms with Gasteiger partial charge in [-0.3, -0.25) is 9.59 Å². The Morgan fingerprint density at radius 2 is 2.00 bits per heavy atom. The SMILES string of the molecule is N[C@H]1CCCC(F)(F)[C@@H]1NC(=O)c1cc(-c2ccc3nc(NC(=O)C4CC4)cn3c2)cs1. The van der Waals surface area contributed by atoms with Crippen LogP contribution >= 0.6 is 11.3 Å². The highest BCUT2D eigenvalue weighted by Gasteiger charge is 2.46. The summed E-state index contributed by atoms with van der Waals surface area (Å²) in [5.41, 5.74) is 8.17. The van der Waals surface area contributed by atoms with Crippen LogP contribution in [0.15, 0.2) is 36.0 Å². The molecule has 2 fully saturated rings. The number of pyridine rings is 1. The van der Waals surface area contributed by atoms with Gasteiger partial charge >= 0.3 is 0 Å². The molecule has 4 N–H and O–H groups in total. The molecule has 2 saturated carbocycles. The van der Waals surface area contributed by atoms with Crippen molar-refractivity contribution in [3.63, 3.8) is 0 Å². The van der Waals surface area contributed by atoms with E-state index in [1.807, 2.05) is 23.7 Å². The Kier molecular flexibility index (Phi) is 5.21. The zero-order chi connectivity index (χ0) is 22.5. The number of thiophene rings is 1. The van der Waals surface area contributed by atoms with Gasteiger partial charge in [0, 0.05) is 24.6 Å². The molecule has 168 valence electrons. The number of nitrogens with one attached hydrogen (secondary N) is 2. The fourth-order valence-electron chi connectivity index (χ4n) is 4.04. The second kappa shape index (κ2) is 7.93. The molecule has 5 rings (SSSR count). The number of halogens is 2. The standard InChI is InChI=1S/C22H23F2N5O2S/c23-22(24)7-1-2-15(25)19(22)28-21(31)16-8-14(11-32-16)13-5-6-18-26-17(10-29(18)9-13)27-20(30)12-3-4-12/h5-6,8-12,15,19H,1-4,7,25H2,(H,27,30)(H,28,31)/t15-,19+/m0/s1. The second-order valence-electron chi connectivity index (χ2n) is 8.54. The molecule has 0 radical (unpaired) electrons. The summed E-state index contributed by atoms with van der Waals surface area (Å²) in [5, 5.41) is 7.08. The van der Waals surface area contributed by atoms with Crippen LogP contribution in [0.1, 0.15) is 41.8 Å². The average molecular weight is 460 g/mol. The molecule has 2 amide bonds. The molecular formula is C22H23F2N5O2S. The smallest absolute Gasteiger partial charge is 0.269 e. The van der Waals surface area contributed by atoms with Crippen LogP contribution in [-0.2, 0) is 4.79 Å². The number of carbonyl (C=O) groups excluding carboxylic acids is 2. The van der Waals surface area contributed by atoms with Gasteiger partial charge in [-0.2, -0.15) is 0 Å². The van der Waals surface area contributed by atoms with Gasteiger partial charge in [-0.25, -0.2) is 13.8 Å². The van der Waals surface area contributed by atoms with Crippen LogP contribution in [0.4, 0.5) is 14.6 Å². The zero-order valence-electron chi connectivity index (χ0n) is 17.2. The first-order valence-corrected chi connectivity index (χ1v) is 11.5. The number of imidazole rings is 1. The fraction of sp³-hybridized carbons (Fsp3) is 0.409. The van der Waals surface area contributed by atoms with Crippen molar-refractivity contribution < 1.29 is 18.4 Å². The Bertz CT molecular complexity index is 1190. The highest BCUT2D eigenvalue weighted by atomic mass is 32.1. The van der Waals surface area contributed by atoms with Crippen molar-refractivity contribution >= 4 is 34.6 Å². The van der Waals surface area contributed by atoms with E-state index in [0.717, 1.165) is 24.0 Å². The zero-order valence-corrected chi connectivity index (χ0v) is 18.0. The van der Waals surface area contributed by atoms with Gasteiger partial charge in [-0.15, -0.1) is 11.3 Å². The Hall–Kier alpha value is -2.85. The van der Waals surface area contributed by atoms with Crippen molar-refractivity contribution in [2.24, 2.45) is 11.7 Å². The summed E-state index contributed by atoms with van der Waals surface area (Å²) in [7, 11) is 0. The molecule has 3 heterocycles. The summed E-state index contributed by atoms with van der Waals surface area (Å²) in [4.78, 5) is 29.3. The van der Waals surface area contributed by atoms with E-state index in [1.54, 1.807) is 16.7 Å². The maximum atomic E-state index is 14.2. The lowest BCUT2D eigenvalue weighted by Crippen LogP contribution is -2.59. The number of hydrogen-bond donors (Lipinski definition) is 3. The van der Waals surface area contributed by atoms with Crippen molar-refractivity contribution in [1.29, 1.82) is 0 Å². The number of hydrogen-bond acceptors (Lipinski definition) is 5. The number of carbonyl (C=O) groups is 2. The molecule has 0 aliphatic heterocycles. The molecule has 2 aliphatic carbocycles. The van der Waals surface area contributed by atoms with Gasteiger partial charge in [0.1, 0.15) is 11.7 Å². The van der Waals surface area contributed by atoms with E-state index in [9.17, 15) is 18.4 Å².